The molecule has 4 aliphatic rings. The number of piperidine rings is 2. The van der Waals surface area contributed by atoms with Crippen LogP contribution >= 0.6 is 0 Å². The number of aromatic nitrogens is 2. The molecule has 0 amide bonds. The molecule has 8 heteroatoms. The van der Waals surface area contributed by atoms with Gasteiger partial charge in [-0.15, -0.1) is 10.2 Å². The van der Waals surface area contributed by atoms with Crippen molar-refractivity contribution in [1.29, 1.82) is 0 Å². The first-order chi connectivity index (χ1) is 17.7. The first-order valence-electron chi connectivity index (χ1n) is 14.0. The minimum absolute atomic E-state index is 0.244. The zero-order chi connectivity index (χ0) is 24.5. The number of piperazine rings is 1. The molecule has 2 aromatic rings. The number of benzene rings is 1. The summed E-state index contributed by atoms with van der Waals surface area (Å²) in [6.07, 6.45) is 5.34. The molecule has 0 bridgehead atoms. The van der Waals surface area contributed by atoms with E-state index in [9.17, 15) is 5.11 Å². The second-order valence-electron chi connectivity index (χ2n) is 11.3. The van der Waals surface area contributed by atoms with Crippen molar-refractivity contribution in [3.05, 3.63) is 30.3 Å². The summed E-state index contributed by atoms with van der Waals surface area (Å²) in [6, 6.07) is 10.6. The SMILES string of the molecule is CC(C1CCNCC1)N1CCC(CN2CCN3c4cc(-c5ccccc5O)nnc4NC[C@H]3C2)CC1. The van der Waals surface area contributed by atoms with E-state index in [4.69, 9.17) is 0 Å². The van der Waals surface area contributed by atoms with Crippen molar-refractivity contribution < 1.29 is 5.11 Å². The van der Waals surface area contributed by atoms with E-state index in [0.29, 0.717) is 6.04 Å². The number of phenolic OH excluding ortho intramolecular Hbond substituents is 1. The second kappa shape index (κ2) is 10.5. The molecule has 5 heterocycles. The highest BCUT2D eigenvalue weighted by Crippen LogP contribution is 2.36. The molecule has 3 saturated heterocycles. The third kappa shape index (κ3) is 4.91. The van der Waals surface area contributed by atoms with Crippen LogP contribution in [0.3, 0.4) is 0 Å². The molecule has 3 fully saturated rings. The van der Waals surface area contributed by atoms with Crippen LogP contribution in [-0.4, -0.2) is 96.1 Å². The zero-order valence-electron chi connectivity index (χ0n) is 21.6. The molecule has 1 unspecified atom stereocenters. The maximum atomic E-state index is 10.3. The summed E-state index contributed by atoms with van der Waals surface area (Å²) in [7, 11) is 0. The van der Waals surface area contributed by atoms with Gasteiger partial charge in [-0.3, -0.25) is 4.90 Å². The van der Waals surface area contributed by atoms with Crippen LogP contribution < -0.4 is 15.5 Å². The van der Waals surface area contributed by atoms with Crippen molar-refractivity contribution in [3.63, 3.8) is 0 Å². The highest BCUT2D eigenvalue weighted by Gasteiger charge is 2.35. The quantitative estimate of drug-likeness (QED) is 0.589. The van der Waals surface area contributed by atoms with E-state index >= 15 is 0 Å². The minimum Gasteiger partial charge on any atom is -0.507 e. The third-order valence-electron chi connectivity index (χ3n) is 9.14. The molecule has 0 aliphatic carbocycles. The van der Waals surface area contributed by atoms with Crippen molar-refractivity contribution in [2.75, 3.05) is 69.1 Å². The standard InChI is InChI=1S/C28H41N7O/c1-20(22-6-10-29-11-7-22)34-12-8-21(9-13-34)18-33-14-15-35-23(19-33)17-30-28-26(35)16-25(31-32-28)24-4-2-3-5-27(24)36/h2-5,16,20-23,29,36H,6-15,17-19H2,1H3,(H,30,32)/t20?,23-/m0/s1. The molecule has 1 aromatic carbocycles. The lowest BCUT2D eigenvalue weighted by Gasteiger charge is -2.47. The van der Waals surface area contributed by atoms with Crippen molar-refractivity contribution in [2.45, 2.75) is 44.7 Å². The minimum atomic E-state index is 0.244. The molecule has 2 atom stereocenters. The number of hydrogen-bond acceptors (Lipinski definition) is 8. The van der Waals surface area contributed by atoms with Gasteiger partial charge in [0, 0.05) is 44.3 Å². The number of fused-ring (bicyclic) bond motifs is 3. The Morgan fingerprint density at radius 3 is 2.64 bits per heavy atom. The van der Waals surface area contributed by atoms with Gasteiger partial charge in [-0.2, -0.15) is 0 Å². The van der Waals surface area contributed by atoms with Gasteiger partial charge in [0.05, 0.1) is 17.4 Å². The molecule has 36 heavy (non-hydrogen) atoms. The van der Waals surface area contributed by atoms with Crippen LogP contribution in [0.25, 0.3) is 11.3 Å². The van der Waals surface area contributed by atoms with E-state index in [2.05, 4.69) is 48.5 Å². The maximum Gasteiger partial charge on any atom is 0.172 e. The molecule has 3 N–H and O–H groups in total. The molecule has 0 spiro atoms. The van der Waals surface area contributed by atoms with E-state index in [1.165, 1.54) is 58.4 Å². The predicted molar refractivity (Wildman–Crippen MR) is 145 cm³/mol. The second-order valence-corrected chi connectivity index (χ2v) is 11.3. The zero-order valence-corrected chi connectivity index (χ0v) is 21.6. The molecular formula is C28H41N7O. The van der Waals surface area contributed by atoms with Crippen molar-refractivity contribution in [2.24, 2.45) is 11.8 Å². The first-order valence-corrected chi connectivity index (χ1v) is 14.0. The molecule has 8 nitrogen and oxygen atoms in total. The van der Waals surface area contributed by atoms with Gasteiger partial charge in [-0.05, 0) is 88.8 Å². The number of nitrogens with zero attached hydrogens (tertiary/aromatic N) is 5. The van der Waals surface area contributed by atoms with Gasteiger partial charge in [0.1, 0.15) is 5.75 Å². The Morgan fingerprint density at radius 2 is 1.83 bits per heavy atom. The van der Waals surface area contributed by atoms with Crippen LogP contribution in [0, 0.1) is 11.8 Å². The summed E-state index contributed by atoms with van der Waals surface area (Å²) in [5.74, 6) is 2.78. The summed E-state index contributed by atoms with van der Waals surface area (Å²) in [6.45, 7) is 12.7. The van der Waals surface area contributed by atoms with Gasteiger partial charge in [0.15, 0.2) is 5.82 Å². The van der Waals surface area contributed by atoms with E-state index in [1.54, 1.807) is 6.07 Å². The molecule has 194 valence electrons. The fourth-order valence-corrected chi connectivity index (χ4v) is 6.87. The summed E-state index contributed by atoms with van der Waals surface area (Å²) in [4.78, 5) is 7.97. The van der Waals surface area contributed by atoms with Crippen LogP contribution in [-0.2, 0) is 0 Å². The monoisotopic (exact) mass is 491 g/mol. The number of anilines is 2. The van der Waals surface area contributed by atoms with E-state index in [1.807, 2.05) is 18.2 Å². The van der Waals surface area contributed by atoms with Crippen LogP contribution in [0.4, 0.5) is 11.5 Å². The fraction of sp³-hybridized carbons (Fsp3) is 0.643. The van der Waals surface area contributed by atoms with Crippen LogP contribution in [0.15, 0.2) is 30.3 Å². The summed E-state index contributed by atoms with van der Waals surface area (Å²) >= 11 is 0. The molecule has 4 aliphatic heterocycles. The van der Waals surface area contributed by atoms with Crippen LogP contribution in [0.2, 0.25) is 0 Å². The largest absolute Gasteiger partial charge is 0.507 e. The average Bonchev–Trinajstić information content (AvgIpc) is 2.93. The van der Waals surface area contributed by atoms with Crippen molar-refractivity contribution >= 4 is 11.5 Å². The number of aromatic hydroxyl groups is 1. The van der Waals surface area contributed by atoms with Gasteiger partial charge in [0.2, 0.25) is 0 Å². The Bertz CT molecular complexity index is 1030. The maximum absolute atomic E-state index is 10.3. The number of hydrogen-bond donors (Lipinski definition) is 3. The molecule has 1 aromatic heterocycles. The van der Waals surface area contributed by atoms with Crippen molar-refractivity contribution in [3.8, 4) is 17.0 Å². The Balaban J connectivity index is 1.04. The first kappa shape index (κ1) is 23.9. The lowest BCUT2D eigenvalue weighted by atomic mass is 9.87. The highest BCUT2D eigenvalue weighted by molar-refractivity contribution is 5.76. The molecular weight excluding hydrogens is 450 g/mol. The molecule has 0 radical (unpaired) electrons. The molecule has 0 saturated carbocycles. The Morgan fingerprint density at radius 1 is 1.03 bits per heavy atom. The average molecular weight is 492 g/mol. The van der Waals surface area contributed by atoms with Gasteiger partial charge >= 0.3 is 0 Å². The fourth-order valence-electron chi connectivity index (χ4n) is 6.87. The third-order valence-corrected chi connectivity index (χ3v) is 9.14. The van der Waals surface area contributed by atoms with E-state index in [0.717, 1.165) is 66.8 Å². The van der Waals surface area contributed by atoms with Crippen LogP contribution in [0.5, 0.6) is 5.75 Å². The molecule has 6 rings (SSSR count). The summed E-state index contributed by atoms with van der Waals surface area (Å²) in [5.41, 5.74) is 2.57. The smallest absolute Gasteiger partial charge is 0.172 e. The topological polar surface area (TPSA) is 79.8 Å². The Kier molecular flexibility index (Phi) is 7.00. The van der Waals surface area contributed by atoms with Gasteiger partial charge in [0.25, 0.3) is 0 Å². The van der Waals surface area contributed by atoms with Crippen molar-refractivity contribution in [1.82, 2.24) is 25.3 Å². The number of rotatable bonds is 5. The number of likely N-dealkylation sites (tertiary alicyclic amines) is 1. The van der Waals surface area contributed by atoms with Crippen LogP contribution in [0.1, 0.15) is 32.6 Å². The lowest BCUT2D eigenvalue weighted by molar-refractivity contribution is 0.0767. The lowest BCUT2D eigenvalue weighted by Crippen LogP contribution is -2.58. The van der Waals surface area contributed by atoms with E-state index in [-0.39, 0.29) is 5.75 Å². The summed E-state index contributed by atoms with van der Waals surface area (Å²) in [5, 5.41) is 26.2. The Hall–Kier alpha value is -2.42. The predicted octanol–water partition coefficient (Wildman–Crippen LogP) is 2.87. The Labute approximate surface area is 215 Å². The van der Waals surface area contributed by atoms with Gasteiger partial charge in [-0.1, -0.05) is 12.1 Å². The number of nitrogens with one attached hydrogen (secondary N) is 2. The number of para-hydroxylation sites is 1. The van der Waals surface area contributed by atoms with Gasteiger partial charge < -0.3 is 25.5 Å². The number of phenols is 1. The van der Waals surface area contributed by atoms with Gasteiger partial charge in [-0.25, -0.2) is 0 Å². The normalized spacial score (nSPS) is 25.1. The highest BCUT2D eigenvalue weighted by atomic mass is 16.3. The van der Waals surface area contributed by atoms with E-state index < -0.39 is 0 Å². The summed E-state index contributed by atoms with van der Waals surface area (Å²) < 4.78 is 0.